The summed E-state index contributed by atoms with van der Waals surface area (Å²) in [6, 6.07) is 8.59. The minimum absolute atomic E-state index is 0.0394. The van der Waals surface area contributed by atoms with Gasteiger partial charge in [-0.3, -0.25) is 9.98 Å². The zero-order valence-corrected chi connectivity index (χ0v) is 15.2. The maximum absolute atomic E-state index is 5.42. The van der Waals surface area contributed by atoms with Crippen LogP contribution < -0.4 is 13.7 Å². The van der Waals surface area contributed by atoms with E-state index in [0.717, 1.165) is 49.1 Å². The van der Waals surface area contributed by atoms with Crippen LogP contribution in [0.15, 0.2) is 51.8 Å². The maximum atomic E-state index is 5.42. The molecule has 0 amide bonds. The standard InChI is InChI=1S/C17H18IN5O/c18-22-17-16-15(19-5-6-20-16)11-14(21-17)12-1-3-13(4-2-12)23-7-9-24-10-8-23/h1-6,11,15,21-22H,7-10H2. The lowest BCUT2D eigenvalue weighted by molar-refractivity contribution is 0.122. The van der Waals surface area contributed by atoms with Gasteiger partial charge in [-0.05, 0) is 23.8 Å². The topological polar surface area (TPSA) is 61.2 Å². The number of ether oxygens (including phenoxy) is 1. The smallest absolute Gasteiger partial charge is 0.137 e. The molecule has 0 aliphatic carbocycles. The molecule has 6 nitrogen and oxygen atoms in total. The lowest BCUT2D eigenvalue weighted by Crippen LogP contribution is -2.36. The van der Waals surface area contributed by atoms with Crippen molar-refractivity contribution in [1.82, 2.24) is 8.85 Å². The zero-order valence-electron chi connectivity index (χ0n) is 13.1. The van der Waals surface area contributed by atoms with Crippen molar-refractivity contribution in [2.45, 2.75) is 6.04 Å². The second-order valence-corrected chi connectivity index (χ2v) is 6.27. The molecular weight excluding hydrogens is 417 g/mol. The number of aliphatic imine (C=N–C) groups is 2. The summed E-state index contributed by atoms with van der Waals surface area (Å²) >= 11 is 2.12. The van der Waals surface area contributed by atoms with Crippen molar-refractivity contribution in [1.29, 1.82) is 0 Å². The number of nitrogens with zero attached hydrogens (tertiary/aromatic N) is 3. The summed E-state index contributed by atoms with van der Waals surface area (Å²) in [5.41, 5.74) is 4.34. The van der Waals surface area contributed by atoms with Crippen LogP contribution in [0.25, 0.3) is 5.70 Å². The first-order valence-corrected chi connectivity index (χ1v) is 9.01. The van der Waals surface area contributed by atoms with E-state index in [1.807, 2.05) is 0 Å². The highest BCUT2D eigenvalue weighted by atomic mass is 127. The molecule has 24 heavy (non-hydrogen) atoms. The van der Waals surface area contributed by atoms with Gasteiger partial charge in [0.25, 0.3) is 0 Å². The highest BCUT2D eigenvalue weighted by Crippen LogP contribution is 2.27. The summed E-state index contributed by atoms with van der Waals surface area (Å²) in [6.07, 6.45) is 5.58. The Morgan fingerprint density at radius 2 is 1.96 bits per heavy atom. The summed E-state index contributed by atoms with van der Waals surface area (Å²) < 4.78 is 8.57. The first-order chi connectivity index (χ1) is 11.8. The van der Waals surface area contributed by atoms with Crippen molar-refractivity contribution >= 4 is 46.7 Å². The van der Waals surface area contributed by atoms with Crippen LogP contribution in [0, 0.1) is 0 Å². The van der Waals surface area contributed by atoms with E-state index in [2.05, 4.69) is 76.9 Å². The summed E-state index contributed by atoms with van der Waals surface area (Å²) in [6.45, 7) is 3.49. The molecule has 1 aromatic rings. The number of dihydropyridines is 1. The molecule has 1 fully saturated rings. The molecule has 4 rings (SSSR count). The molecule has 0 aromatic heterocycles. The highest BCUT2D eigenvalue weighted by Gasteiger charge is 2.23. The van der Waals surface area contributed by atoms with Crippen LogP contribution in [-0.2, 0) is 4.74 Å². The average Bonchev–Trinajstić information content (AvgIpc) is 2.68. The quantitative estimate of drug-likeness (QED) is 0.564. The first kappa shape index (κ1) is 15.6. The van der Waals surface area contributed by atoms with Crippen LogP contribution in [0.4, 0.5) is 5.69 Å². The van der Waals surface area contributed by atoms with Gasteiger partial charge in [0.1, 0.15) is 17.6 Å². The van der Waals surface area contributed by atoms with Crippen molar-refractivity contribution in [2.24, 2.45) is 9.98 Å². The van der Waals surface area contributed by atoms with Crippen LogP contribution in [0.5, 0.6) is 0 Å². The number of anilines is 1. The van der Waals surface area contributed by atoms with Crippen molar-refractivity contribution in [2.75, 3.05) is 31.2 Å². The summed E-state index contributed by atoms with van der Waals surface area (Å²) in [7, 11) is 0. The fourth-order valence-corrected chi connectivity index (χ4v) is 3.45. The van der Waals surface area contributed by atoms with E-state index >= 15 is 0 Å². The number of hydrogen-bond donors (Lipinski definition) is 2. The van der Waals surface area contributed by atoms with E-state index in [9.17, 15) is 0 Å². The van der Waals surface area contributed by atoms with Gasteiger partial charge in [-0.25, -0.2) is 0 Å². The Balaban J connectivity index is 1.57. The van der Waals surface area contributed by atoms with Crippen molar-refractivity contribution < 1.29 is 4.74 Å². The Kier molecular flexibility index (Phi) is 4.52. The minimum atomic E-state index is -0.0394. The normalized spacial score (nSPS) is 22.8. The third-order valence-electron chi connectivity index (χ3n) is 4.30. The molecule has 1 atom stereocenters. The molecule has 1 saturated heterocycles. The molecule has 0 spiro atoms. The minimum Gasteiger partial charge on any atom is -0.378 e. The van der Waals surface area contributed by atoms with Gasteiger partial charge < -0.3 is 18.5 Å². The van der Waals surface area contributed by atoms with Crippen LogP contribution >= 0.6 is 22.9 Å². The second-order valence-electron chi connectivity index (χ2n) is 5.73. The Bertz CT molecular complexity index is 732. The predicted octanol–water partition coefficient (Wildman–Crippen LogP) is 2.10. The van der Waals surface area contributed by atoms with Gasteiger partial charge in [-0.15, -0.1) is 0 Å². The molecule has 3 heterocycles. The molecule has 7 heteroatoms. The Labute approximate surface area is 154 Å². The first-order valence-electron chi connectivity index (χ1n) is 7.94. The van der Waals surface area contributed by atoms with E-state index in [1.165, 1.54) is 5.69 Å². The summed E-state index contributed by atoms with van der Waals surface area (Å²) in [4.78, 5) is 11.3. The van der Waals surface area contributed by atoms with E-state index in [0.29, 0.717) is 0 Å². The van der Waals surface area contributed by atoms with Gasteiger partial charge in [-0.1, -0.05) is 12.1 Å². The van der Waals surface area contributed by atoms with Gasteiger partial charge in [0, 0.05) is 36.9 Å². The molecule has 0 radical (unpaired) electrons. The lowest BCUT2D eigenvalue weighted by atomic mass is 10.0. The molecule has 3 aliphatic heterocycles. The molecule has 1 aromatic carbocycles. The van der Waals surface area contributed by atoms with Crippen molar-refractivity contribution in [3.8, 4) is 0 Å². The third-order valence-corrected chi connectivity index (χ3v) is 4.84. The molecular formula is C17H18IN5O. The Morgan fingerprint density at radius 1 is 1.17 bits per heavy atom. The van der Waals surface area contributed by atoms with Gasteiger partial charge in [0.05, 0.1) is 36.1 Å². The molecule has 0 bridgehead atoms. The van der Waals surface area contributed by atoms with Gasteiger partial charge in [-0.2, -0.15) is 0 Å². The Hall–Kier alpha value is -1.87. The van der Waals surface area contributed by atoms with Crippen LogP contribution in [0.3, 0.4) is 0 Å². The van der Waals surface area contributed by atoms with Gasteiger partial charge in [0.2, 0.25) is 0 Å². The molecule has 3 aliphatic rings. The molecule has 2 N–H and O–H groups in total. The number of rotatable bonds is 3. The molecule has 1 unspecified atom stereocenters. The maximum Gasteiger partial charge on any atom is 0.137 e. The van der Waals surface area contributed by atoms with Crippen LogP contribution in [0.1, 0.15) is 5.56 Å². The van der Waals surface area contributed by atoms with E-state index in [1.54, 1.807) is 12.4 Å². The van der Waals surface area contributed by atoms with Gasteiger partial charge >= 0.3 is 0 Å². The summed E-state index contributed by atoms with van der Waals surface area (Å²) in [5.74, 6) is 0.892. The summed E-state index contributed by atoms with van der Waals surface area (Å²) in [5, 5.41) is 3.42. The van der Waals surface area contributed by atoms with Crippen molar-refractivity contribution in [3.63, 3.8) is 0 Å². The van der Waals surface area contributed by atoms with Crippen molar-refractivity contribution in [3.05, 3.63) is 47.4 Å². The number of morpholine rings is 1. The number of benzene rings is 1. The van der Waals surface area contributed by atoms with E-state index < -0.39 is 0 Å². The number of fused-ring (bicyclic) bond motifs is 1. The predicted molar refractivity (Wildman–Crippen MR) is 106 cm³/mol. The fraction of sp³-hybridized carbons (Fsp3) is 0.294. The largest absolute Gasteiger partial charge is 0.378 e. The number of nitrogens with one attached hydrogen (secondary N) is 2. The van der Waals surface area contributed by atoms with Crippen LogP contribution in [-0.4, -0.2) is 44.8 Å². The molecule has 124 valence electrons. The van der Waals surface area contributed by atoms with Crippen LogP contribution in [0.2, 0.25) is 0 Å². The SMILES string of the molecule is INC1=C2N=CC=NC2C=C(c2ccc(N3CCOCC3)cc2)N1. The molecule has 0 saturated carbocycles. The lowest BCUT2D eigenvalue weighted by Gasteiger charge is -2.29. The average molecular weight is 435 g/mol. The monoisotopic (exact) mass is 435 g/mol. The second kappa shape index (κ2) is 6.94. The van der Waals surface area contributed by atoms with E-state index in [-0.39, 0.29) is 6.04 Å². The highest BCUT2D eigenvalue weighted by molar-refractivity contribution is 14.1. The Morgan fingerprint density at radius 3 is 2.71 bits per heavy atom. The number of hydrogen-bond acceptors (Lipinski definition) is 6. The van der Waals surface area contributed by atoms with E-state index in [4.69, 9.17) is 4.74 Å². The zero-order chi connectivity index (χ0) is 16.4. The van der Waals surface area contributed by atoms with Gasteiger partial charge in [0.15, 0.2) is 0 Å². The fourth-order valence-electron chi connectivity index (χ4n) is 3.04. The third kappa shape index (κ3) is 3.05. The number of halogens is 1.